The second kappa shape index (κ2) is 5.09. The van der Waals surface area contributed by atoms with Crippen LogP contribution in [0.5, 0.6) is 0 Å². The van der Waals surface area contributed by atoms with E-state index >= 15 is 0 Å². The Morgan fingerprint density at radius 3 is 2.31 bits per heavy atom. The lowest BCUT2D eigenvalue weighted by Crippen LogP contribution is -2.32. The van der Waals surface area contributed by atoms with Crippen LogP contribution in [0.4, 0.5) is 0 Å². The van der Waals surface area contributed by atoms with Gasteiger partial charge in [0.05, 0.1) is 4.90 Å². The van der Waals surface area contributed by atoms with Gasteiger partial charge in [-0.25, -0.2) is 8.42 Å². The van der Waals surface area contributed by atoms with Crippen molar-refractivity contribution < 1.29 is 18.3 Å². The molecule has 0 saturated heterocycles. The van der Waals surface area contributed by atoms with Crippen molar-refractivity contribution in [2.45, 2.75) is 16.6 Å². The summed E-state index contributed by atoms with van der Waals surface area (Å²) in [6.07, 6.45) is -0.0907. The molecule has 0 spiro atoms. The van der Waals surface area contributed by atoms with Gasteiger partial charge in [0.2, 0.25) is 0 Å². The van der Waals surface area contributed by atoms with E-state index in [1.165, 1.54) is 12.1 Å². The summed E-state index contributed by atoms with van der Waals surface area (Å²) in [6, 6.07) is 7.52. The van der Waals surface area contributed by atoms with Gasteiger partial charge in [-0.1, -0.05) is 18.2 Å². The summed E-state index contributed by atoms with van der Waals surface area (Å²) in [6.45, 7) is 0.0169. The highest BCUT2D eigenvalue weighted by Crippen LogP contribution is 2.17. The molecule has 1 atom stereocenters. The number of carbonyl (C=O) groups is 1. The molecule has 1 unspecified atom stereocenters. The summed E-state index contributed by atoms with van der Waals surface area (Å²) in [7, 11) is -3.84. The van der Waals surface area contributed by atoms with Gasteiger partial charge < -0.3 is 10.8 Å². The van der Waals surface area contributed by atoms with E-state index in [1.54, 1.807) is 18.2 Å². The Hall–Kier alpha value is -1.40. The molecule has 0 fully saturated rings. The number of hydrogen-bond donors (Lipinski definition) is 2. The van der Waals surface area contributed by atoms with Crippen LogP contribution in [0.15, 0.2) is 35.2 Å². The smallest absolute Gasteiger partial charge is 0.322 e. The van der Waals surface area contributed by atoms with E-state index in [1.807, 2.05) is 0 Å². The molecule has 6 heteroatoms. The highest BCUT2D eigenvalue weighted by atomic mass is 32.2. The average Bonchev–Trinajstić information content (AvgIpc) is 2.26. The van der Waals surface area contributed by atoms with Crippen molar-refractivity contribution in [3.8, 4) is 0 Å². The van der Waals surface area contributed by atoms with E-state index < -0.39 is 21.1 Å². The average molecular weight is 243 g/mol. The molecule has 0 aliphatic heterocycles. The fourth-order valence-electron chi connectivity index (χ4n) is 1.34. The standard InChI is InChI=1S/C10H13NO4S/c11-7-6-9(10(12)13)16(14,15)8-4-2-1-3-5-8/h1-5,9H,6-7,11H2,(H,12,13). The maximum Gasteiger partial charge on any atom is 0.322 e. The van der Waals surface area contributed by atoms with Gasteiger partial charge in [-0.05, 0) is 25.1 Å². The molecule has 1 rings (SSSR count). The maximum absolute atomic E-state index is 11.9. The lowest BCUT2D eigenvalue weighted by Gasteiger charge is -2.12. The van der Waals surface area contributed by atoms with Crippen LogP contribution in [0.2, 0.25) is 0 Å². The predicted molar refractivity (Wildman–Crippen MR) is 58.7 cm³/mol. The molecule has 1 aromatic rings. The Bertz CT molecular complexity index is 455. The summed E-state index contributed by atoms with van der Waals surface area (Å²) in [5.74, 6) is -1.37. The number of sulfone groups is 1. The summed E-state index contributed by atoms with van der Waals surface area (Å²) >= 11 is 0. The van der Waals surface area contributed by atoms with Crippen molar-refractivity contribution in [1.82, 2.24) is 0 Å². The number of aliphatic carboxylic acids is 1. The number of carboxylic acids is 1. The summed E-state index contributed by atoms with van der Waals surface area (Å²) in [5.41, 5.74) is 5.21. The lowest BCUT2D eigenvalue weighted by atomic mass is 10.3. The van der Waals surface area contributed by atoms with Crippen LogP contribution >= 0.6 is 0 Å². The van der Waals surface area contributed by atoms with Crippen molar-refractivity contribution in [3.05, 3.63) is 30.3 Å². The highest BCUT2D eigenvalue weighted by Gasteiger charge is 2.32. The molecular weight excluding hydrogens is 230 g/mol. The summed E-state index contributed by atoms with van der Waals surface area (Å²) in [4.78, 5) is 10.9. The van der Waals surface area contributed by atoms with E-state index in [-0.39, 0.29) is 17.9 Å². The molecule has 0 bridgehead atoms. The van der Waals surface area contributed by atoms with Crippen molar-refractivity contribution in [2.24, 2.45) is 5.73 Å². The Morgan fingerprint density at radius 1 is 1.31 bits per heavy atom. The van der Waals surface area contributed by atoms with Crippen molar-refractivity contribution in [1.29, 1.82) is 0 Å². The molecule has 3 N–H and O–H groups in total. The van der Waals surface area contributed by atoms with Crippen LogP contribution in [-0.4, -0.2) is 31.3 Å². The van der Waals surface area contributed by atoms with Crippen LogP contribution in [0, 0.1) is 0 Å². The lowest BCUT2D eigenvalue weighted by molar-refractivity contribution is -0.136. The Morgan fingerprint density at radius 2 is 1.88 bits per heavy atom. The molecule has 5 nitrogen and oxygen atoms in total. The SMILES string of the molecule is NCCC(C(=O)O)S(=O)(=O)c1ccccc1. The second-order valence-corrected chi connectivity index (χ2v) is 5.39. The molecule has 0 saturated carbocycles. The molecule has 0 aliphatic carbocycles. The molecular formula is C10H13NO4S. The summed E-state index contributed by atoms with van der Waals surface area (Å²) in [5, 5.41) is 7.39. The quantitative estimate of drug-likeness (QED) is 0.773. The number of carboxylic acid groups (broad SMARTS) is 1. The normalized spacial score (nSPS) is 13.3. The molecule has 16 heavy (non-hydrogen) atoms. The largest absolute Gasteiger partial charge is 0.480 e. The fourth-order valence-corrected chi connectivity index (χ4v) is 2.91. The van der Waals surface area contributed by atoms with Crippen LogP contribution < -0.4 is 5.73 Å². The third-order valence-corrected chi connectivity index (χ3v) is 4.27. The number of nitrogens with two attached hydrogens (primary N) is 1. The van der Waals surface area contributed by atoms with Gasteiger partial charge in [-0.15, -0.1) is 0 Å². The molecule has 88 valence electrons. The molecule has 0 amide bonds. The van der Waals surface area contributed by atoms with Gasteiger partial charge in [0, 0.05) is 0 Å². The van der Waals surface area contributed by atoms with Crippen LogP contribution in [-0.2, 0) is 14.6 Å². The van der Waals surface area contributed by atoms with Gasteiger partial charge in [0.15, 0.2) is 15.1 Å². The third kappa shape index (κ3) is 2.59. The fraction of sp³-hybridized carbons (Fsp3) is 0.300. The molecule has 1 aromatic carbocycles. The predicted octanol–water partition coefficient (Wildman–Crippen LogP) is 0.262. The topological polar surface area (TPSA) is 97.5 Å². The van der Waals surface area contributed by atoms with Crippen LogP contribution in [0.3, 0.4) is 0 Å². The van der Waals surface area contributed by atoms with Gasteiger partial charge in [0.25, 0.3) is 0 Å². The maximum atomic E-state index is 11.9. The minimum absolute atomic E-state index is 0.0100. The molecule has 0 aromatic heterocycles. The van der Waals surface area contributed by atoms with Crippen molar-refractivity contribution in [2.75, 3.05) is 6.54 Å². The Balaban J connectivity index is 3.14. The van der Waals surface area contributed by atoms with E-state index in [0.717, 1.165) is 0 Å². The van der Waals surface area contributed by atoms with Gasteiger partial charge >= 0.3 is 5.97 Å². The van der Waals surface area contributed by atoms with E-state index in [9.17, 15) is 13.2 Å². The first-order valence-corrected chi connectivity index (χ1v) is 6.26. The van der Waals surface area contributed by atoms with E-state index in [0.29, 0.717) is 0 Å². The highest BCUT2D eigenvalue weighted by molar-refractivity contribution is 7.92. The number of hydrogen-bond acceptors (Lipinski definition) is 4. The third-order valence-electron chi connectivity index (χ3n) is 2.15. The zero-order valence-corrected chi connectivity index (χ0v) is 9.35. The Kier molecular flexibility index (Phi) is 4.03. The second-order valence-electron chi connectivity index (χ2n) is 3.26. The molecule has 0 heterocycles. The first-order valence-electron chi connectivity index (χ1n) is 4.72. The minimum Gasteiger partial charge on any atom is -0.480 e. The van der Waals surface area contributed by atoms with Gasteiger partial charge in [0.1, 0.15) is 0 Å². The molecule has 0 aliphatic rings. The zero-order chi connectivity index (χ0) is 12.2. The Labute approximate surface area is 93.8 Å². The number of benzene rings is 1. The summed E-state index contributed by atoms with van der Waals surface area (Å²) < 4.78 is 23.9. The van der Waals surface area contributed by atoms with Crippen LogP contribution in [0.1, 0.15) is 6.42 Å². The van der Waals surface area contributed by atoms with Crippen LogP contribution in [0.25, 0.3) is 0 Å². The van der Waals surface area contributed by atoms with Crippen molar-refractivity contribution in [3.63, 3.8) is 0 Å². The molecule has 0 radical (unpaired) electrons. The minimum atomic E-state index is -3.84. The number of rotatable bonds is 5. The van der Waals surface area contributed by atoms with Crippen molar-refractivity contribution >= 4 is 15.8 Å². The first-order chi connectivity index (χ1) is 7.50. The monoisotopic (exact) mass is 243 g/mol. The van der Waals surface area contributed by atoms with Gasteiger partial charge in [-0.3, -0.25) is 4.79 Å². The van der Waals surface area contributed by atoms with Gasteiger partial charge in [-0.2, -0.15) is 0 Å². The first kappa shape index (κ1) is 12.7. The van der Waals surface area contributed by atoms with E-state index in [2.05, 4.69) is 0 Å². The van der Waals surface area contributed by atoms with E-state index in [4.69, 9.17) is 10.8 Å². The zero-order valence-electron chi connectivity index (χ0n) is 8.54.